The van der Waals surface area contributed by atoms with Crippen molar-refractivity contribution >= 4 is 31.8 Å². The summed E-state index contributed by atoms with van der Waals surface area (Å²) in [7, 11) is -4.10. The van der Waals surface area contributed by atoms with Crippen molar-refractivity contribution in [1.82, 2.24) is 0 Å². The molecule has 0 saturated heterocycles. The molecule has 0 atom stereocenters. The second-order valence-corrected chi connectivity index (χ2v) is 7.63. The molecule has 0 heterocycles. The van der Waals surface area contributed by atoms with Gasteiger partial charge in [0, 0.05) is 0 Å². The van der Waals surface area contributed by atoms with Crippen LogP contribution in [0.2, 0.25) is 0 Å². The fraction of sp³-hybridized carbons (Fsp3) is 0.118. The van der Waals surface area contributed by atoms with Crippen molar-refractivity contribution in [2.75, 3.05) is 6.61 Å². The van der Waals surface area contributed by atoms with Crippen molar-refractivity contribution in [2.24, 2.45) is 0 Å². The second-order valence-electron chi connectivity index (χ2n) is 4.86. The Bertz CT molecular complexity index is 963. The first-order chi connectivity index (χ1) is 11.8. The van der Waals surface area contributed by atoms with Gasteiger partial charge in [-0.25, -0.2) is 12.8 Å². The second kappa shape index (κ2) is 7.68. The maximum Gasteiger partial charge on any atom is 0.216 e. The summed E-state index contributed by atoms with van der Waals surface area (Å²) in [4.78, 5) is -0.705. The van der Waals surface area contributed by atoms with Gasteiger partial charge in [-0.1, -0.05) is 0 Å². The highest BCUT2D eigenvalue weighted by atomic mass is 79.9. The summed E-state index contributed by atoms with van der Waals surface area (Å²) >= 11 is 3.15. The lowest BCUT2D eigenvalue weighted by Gasteiger charge is -2.09. The van der Waals surface area contributed by atoms with E-state index in [1.54, 1.807) is 13.0 Å². The van der Waals surface area contributed by atoms with Crippen LogP contribution in [0, 0.1) is 17.1 Å². The molecule has 0 unspecified atom stereocenters. The number of halogens is 2. The van der Waals surface area contributed by atoms with Gasteiger partial charge in [-0.05, 0) is 70.9 Å². The first-order valence-corrected chi connectivity index (χ1v) is 9.35. The first-order valence-electron chi connectivity index (χ1n) is 7.07. The van der Waals surface area contributed by atoms with Crippen molar-refractivity contribution in [2.45, 2.75) is 11.8 Å². The Labute approximate surface area is 153 Å². The summed E-state index contributed by atoms with van der Waals surface area (Å²) < 4.78 is 43.6. The number of sulfone groups is 1. The van der Waals surface area contributed by atoms with Crippen LogP contribution in [-0.4, -0.2) is 20.1 Å². The summed E-state index contributed by atoms with van der Waals surface area (Å²) in [6, 6.07) is 8.72. The summed E-state index contributed by atoms with van der Waals surface area (Å²) in [5, 5.41) is 19.2. The van der Waals surface area contributed by atoms with E-state index in [-0.39, 0.29) is 16.4 Å². The lowest BCUT2D eigenvalue weighted by atomic mass is 10.2. The molecule has 0 fully saturated rings. The van der Waals surface area contributed by atoms with E-state index in [9.17, 15) is 23.2 Å². The number of aromatic hydroxyl groups is 1. The molecule has 25 heavy (non-hydrogen) atoms. The quantitative estimate of drug-likeness (QED) is 0.576. The van der Waals surface area contributed by atoms with E-state index in [4.69, 9.17) is 4.74 Å². The van der Waals surface area contributed by atoms with E-state index in [0.717, 1.165) is 30.3 Å². The van der Waals surface area contributed by atoms with Gasteiger partial charge in [0.25, 0.3) is 0 Å². The van der Waals surface area contributed by atoms with Gasteiger partial charge in [0.15, 0.2) is 11.5 Å². The molecule has 0 radical (unpaired) electrons. The molecule has 0 aromatic heterocycles. The summed E-state index contributed by atoms with van der Waals surface area (Å²) in [5.74, 6) is -0.552. The Balaban J connectivity index is 2.54. The normalized spacial score (nSPS) is 11.8. The zero-order valence-corrected chi connectivity index (χ0v) is 15.4. The highest BCUT2D eigenvalue weighted by molar-refractivity contribution is 9.10. The van der Waals surface area contributed by atoms with Crippen LogP contribution < -0.4 is 4.74 Å². The maximum atomic E-state index is 13.0. The predicted molar refractivity (Wildman–Crippen MR) is 94.2 cm³/mol. The van der Waals surface area contributed by atoms with Gasteiger partial charge in [0.1, 0.15) is 16.8 Å². The molecule has 0 aliphatic heterocycles. The molecule has 8 heteroatoms. The van der Waals surface area contributed by atoms with Crippen molar-refractivity contribution in [3.8, 4) is 17.6 Å². The molecule has 0 aliphatic rings. The van der Waals surface area contributed by atoms with Gasteiger partial charge in [0.05, 0.1) is 16.0 Å². The Morgan fingerprint density at radius 1 is 1.36 bits per heavy atom. The molecule has 2 rings (SSSR count). The van der Waals surface area contributed by atoms with Crippen LogP contribution in [0.1, 0.15) is 12.5 Å². The van der Waals surface area contributed by atoms with Crippen LogP contribution in [0.5, 0.6) is 11.5 Å². The van der Waals surface area contributed by atoms with Crippen molar-refractivity contribution in [3.05, 3.63) is 57.2 Å². The highest BCUT2D eigenvalue weighted by Gasteiger charge is 2.21. The van der Waals surface area contributed by atoms with E-state index >= 15 is 0 Å². The molecule has 2 aromatic carbocycles. The van der Waals surface area contributed by atoms with Gasteiger partial charge in [-0.15, -0.1) is 0 Å². The SMILES string of the molecule is CCOc1cc(/C=C(\C#N)S(=O)(=O)c2ccc(F)cc2)cc(Br)c1O. The number of hydrogen-bond acceptors (Lipinski definition) is 5. The molecule has 0 saturated carbocycles. The average Bonchev–Trinajstić information content (AvgIpc) is 2.57. The molecule has 0 bridgehead atoms. The van der Waals surface area contributed by atoms with Crippen LogP contribution in [-0.2, 0) is 9.84 Å². The molecule has 0 aliphatic carbocycles. The Hall–Kier alpha value is -2.37. The third-order valence-corrected chi connectivity index (χ3v) is 5.46. The summed E-state index contributed by atoms with van der Waals surface area (Å²) in [5.41, 5.74) is 0.343. The van der Waals surface area contributed by atoms with E-state index < -0.39 is 20.6 Å². The number of rotatable bonds is 5. The lowest BCUT2D eigenvalue weighted by Crippen LogP contribution is -2.03. The van der Waals surface area contributed by atoms with Crippen LogP contribution in [0.25, 0.3) is 6.08 Å². The number of benzene rings is 2. The molecule has 0 spiro atoms. The number of nitriles is 1. The molecule has 0 amide bonds. The minimum atomic E-state index is -4.10. The zero-order valence-electron chi connectivity index (χ0n) is 13.0. The standard InChI is InChI=1S/C17H13BrFNO4S/c1-2-24-16-9-11(8-15(18)17(16)21)7-14(10-20)25(22,23)13-5-3-12(19)4-6-13/h3-9,21H,2H2,1H3/b14-7+. The minimum absolute atomic E-state index is 0.126. The summed E-state index contributed by atoms with van der Waals surface area (Å²) in [6.45, 7) is 2.03. The molecular weight excluding hydrogens is 413 g/mol. The minimum Gasteiger partial charge on any atom is -0.503 e. The lowest BCUT2D eigenvalue weighted by molar-refractivity contribution is 0.317. The van der Waals surface area contributed by atoms with Crippen LogP contribution >= 0.6 is 15.9 Å². The van der Waals surface area contributed by atoms with Gasteiger partial charge in [0.2, 0.25) is 9.84 Å². The van der Waals surface area contributed by atoms with Gasteiger partial charge < -0.3 is 9.84 Å². The molecular formula is C17H13BrFNO4S. The number of phenols is 1. The van der Waals surface area contributed by atoms with Gasteiger partial charge in [-0.3, -0.25) is 0 Å². The number of ether oxygens (including phenoxy) is 1. The van der Waals surface area contributed by atoms with E-state index in [1.165, 1.54) is 12.1 Å². The van der Waals surface area contributed by atoms with E-state index in [1.807, 2.05) is 0 Å². The number of nitrogens with zero attached hydrogens (tertiary/aromatic N) is 1. The number of phenolic OH excluding ortho intramolecular Hbond substituents is 1. The maximum absolute atomic E-state index is 13.0. The van der Waals surface area contributed by atoms with Crippen molar-refractivity contribution in [1.29, 1.82) is 5.26 Å². The number of hydrogen-bond donors (Lipinski definition) is 1. The van der Waals surface area contributed by atoms with Crippen LogP contribution in [0.3, 0.4) is 0 Å². The molecule has 130 valence electrons. The third kappa shape index (κ3) is 4.18. The predicted octanol–water partition coefficient (Wildman–Crippen LogP) is 4.03. The fourth-order valence-corrected chi connectivity index (χ4v) is 3.62. The monoisotopic (exact) mass is 425 g/mol. The largest absolute Gasteiger partial charge is 0.503 e. The smallest absolute Gasteiger partial charge is 0.216 e. The van der Waals surface area contributed by atoms with E-state index in [0.29, 0.717) is 16.6 Å². The Morgan fingerprint density at radius 3 is 2.56 bits per heavy atom. The van der Waals surface area contributed by atoms with Gasteiger partial charge in [-0.2, -0.15) is 5.26 Å². The summed E-state index contributed by atoms with van der Waals surface area (Å²) in [6.07, 6.45) is 1.16. The number of allylic oxidation sites excluding steroid dienone is 1. The molecule has 1 N–H and O–H groups in total. The fourth-order valence-electron chi connectivity index (χ4n) is 2.00. The van der Waals surface area contributed by atoms with Crippen molar-refractivity contribution in [3.63, 3.8) is 0 Å². The van der Waals surface area contributed by atoms with Gasteiger partial charge >= 0.3 is 0 Å². The van der Waals surface area contributed by atoms with Crippen LogP contribution in [0.15, 0.2) is 50.7 Å². The molecule has 2 aromatic rings. The Morgan fingerprint density at radius 2 is 2.00 bits per heavy atom. The first kappa shape index (κ1) is 19.0. The topological polar surface area (TPSA) is 87.4 Å². The van der Waals surface area contributed by atoms with E-state index in [2.05, 4.69) is 15.9 Å². The third-order valence-electron chi connectivity index (χ3n) is 3.17. The molecule has 5 nitrogen and oxygen atoms in total. The van der Waals surface area contributed by atoms with Crippen molar-refractivity contribution < 1.29 is 22.7 Å². The zero-order chi connectivity index (χ0) is 18.6. The average molecular weight is 426 g/mol. The Kier molecular flexibility index (Phi) is 5.82. The highest BCUT2D eigenvalue weighted by Crippen LogP contribution is 2.36. The van der Waals surface area contributed by atoms with Crippen LogP contribution in [0.4, 0.5) is 4.39 Å².